The maximum absolute atomic E-state index is 5.99. The molecule has 2 saturated heterocycles. The molecular formula is C18H20O6P2. The predicted molar refractivity (Wildman–Crippen MR) is 100 cm³/mol. The van der Waals surface area contributed by atoms with Crippen molar-refractivity contribution in [2.24, 2.45) is 0 Å². The molecule has 2 aliphatic rings. The molecule has 4 rings (SSSR count). The Morgan fingerprint density at radius 2 is 0.962 bits per heavy atom. The molecule has 0 saturated carbocycles. The van der Waals surface area contributed by atoms with Crippen molar-refractivity contribution < 1.29 is 27.1 Å². The first kappa shape index (κ1) is 18.1. The second-order valence-corrected chi connectivity index (χ2v) is 7.95. The predicted octanol–water partition coefficient (Wildman–Crippen LogP) is 5.44. The van der Waals surface area contributed by atoms with Crippen LogP contribution in [0.1, 0.15) is 12.8 Å². The monoisotopic (exact) mass is 394 g/mol. The number of hydrogen-bond acceptors (Lipinski definition) is 6. The number of para-hydroxylation sites is 2. The Morgan fingerprint density at radius 3 is 1.38 bits per heavy atom. The first-order valence-corrected chi connectivity index (χ1v) is 10.8. The summed E-state index contributed by atoms with van der Waals surface area (Å²) in [7, 11) is -2.73. The van der Waals surface area contributed by atoms with Gasteiger partial charge < -0.3 is 27.1 Å². The molecule has 26 heavy (non-hydrogen) atoms. The fraction of sp³-hybridized carbons (Fsp3) is 0.333. The van der Waals surface area contributed by atoms with Crippen LogP contribution in [-0.4, -0.2) is 26.4 Å². The van der Waals surface area contributed by atoms with Crippen LogP contribution < -0.4 is 9.05 Å². The van der Waals surface area contributed by atoms with Crippen LogP contribution in [0.3, 0.4) is 0 Å². The Morgan fingerprint density at radius 1 is 0.577 bits per heavy atom. The number of hydrogen-bond donors (Lipinski definition) is 0. The SMILES string of the molecule is c1ccc(-c2ccccc2OP2OCCCO2)c(OP2OCCCO2)c1. The lowest BCUT2D eigenvalue weighted by Crippen LogP contribution is -2.09. The van der Waals surface area contributed by atoms with E-state index in [4.69, 9.17) is 27.1 Å². The van der Waals surface area contributed by atoms with E-state index in [1.165, 1.54) is 0 Å². The third-order valence-corrected chi connectivity index (χ3v) is 6.04. The topological polar surface area (TPSA) is 55.4 Å². The average molecular weight is 394 g/mol. The summed E-state index contributed by atoms with van der Waals surface area (Å²) in [5.74, 6) is 1.41. The molecular weight excluding hydrogens is 374 g/mol. The maximum Gasteiger partial charge on any atom is 0.397 e. The minimum atomic E-state index is -1.37. The quantitative estimate of drug-likeness (QED) is 0.630. The molecule has 138 valence electrons. The Hall–Kier alpha value is -1.26. The van der Waals surface area contributed by atoms with Crippen LogP contribution in [0.25, 0.3) is 11.1 Å². The van der Waals surface area contributed by atoms with Crippen molar-refractivity contribution >= 4 is 17.2 Å². The van der Waals surface area contributed by atoms with Gasteiger partial charge in [0.2, 0.25) is 0 Å². The van der Waals surface area contributed by atoms with E-state index in [0.717, 1.165) is 24.0 Å². The van der Waals surface area contributed by atoms with Crippen LogP contribution in [0.15, 0.2) is 48.5 Å². The third kappa shape index (κ3) is 4.52. The lowest BCUT2D eigenvalue weighted by molar-refractivity contribution is 0.146. The fourth-order valence-corrected chi connectivity index (χ4v) is 4.66. The van der Waals surface area contributed by atoms with Gasteiger partial charge in [-0.1, -0.05) is 36.4 Å². The van der Waals surface area contributed by atoms with Crippen LogP contribution in [0, 0.1) is 0 Å². The average Bonchev–Trinajstić information content (AvgIpc) is 2.71. The van der Waals surface area contributed by atoms with Crippen molar-refractivity contribution in [3.05, 3.63) is 48.5 Å². The Bertz CT molecular complexity index is 655. The molecule has 0 aromatic heterocycles. The van der Waals surface area contributed by atoms with Gasteiger partial charge in [-0.15, -0.1) is 0 Å². The van der Waals surface area contributed by atoms with E-state index in [0.29, 0.717) is 37.9 Å². The summed E-state index contributed by atoms with van der Waals surface area (Å²) in [6, 6.07) is 15.6. The van der Waals surface area contributed by atoms with Crippen molar-refractivity contribution in [3.63, 3.8) is 0 Å². The van der Waals surface area contributed by atoms with Gasteiger partial charge >= 0.3 is 17.2 Å². The summed E-state index contributed by atoms with van der Waals surface area (Å²) in [6.45, 7) is 2.64. The first-order valence-electron chi connectivity index (χ1n) is 8.56. The lowest BCUT2D eigenvalue weighted by Gasteiger charge is -2.24. The van der Waals surface area contributed by atoms with Gasteiger partial charge in [-0.2, -0.15) is 0 Å². The van der Waals surface area contributed by atoms with E-state index >= 15 is 0 Å². The molecule has 6 nitrogen and oxygen atoms in total. The lowest BCUT2D eigenvalue weighted by atomic mass is 10.0. The Labute approximate surface area is 155 Å². The fourth-order valence-electron chi connectivity index (χ4n) is 2.55. The number of benzene rings is 2. The van der Waals surface area contributed by atoms with Crippen LogP contribution >= 0.6 is 17.2 Å². The molecule has 2 aromatic rings. The van der Waals surface area contributed by atoms with Crippen molar-refractivity contribution in [2.45, 2.75) is 12.8 Å². The highest BCUT2D eigenvalue weighted by molar-refractivity contribution is 7.42. The van der Waals surface area contributed by atoms with Gasteiger partial charge in [-0.05, 0) is 25.0 Å². The molecule has 0 bridgehead atoms. The molecule has 0 amide bonds. The normalized spacial score (nSPS) is 19.2. The molecule has 2 aromatic carbocycles. The van der Waals surface area contributed by atoms with Gasteiger partial charge in [0.05, 0.1) is 26.4 Å². The van der Waals surface area contributed by atoms with Gasteiger partial charge in [-0.3, -0.25) is 0 Å². The van der Waals surface area contributed by atoms with E-state index in [-0.39, 0.29) is 0 Å². The zero-order valence-corrected chi connectivity index (χ0v) is 16.0. The third-order valence-electron chi connectivity index (χ3n) is 3.77. The van der Waals surface area contributed by atoms with Gasteiger partial charge in [0, 0.05) is 11.1 Å². The van der Waals surface area contributed by atoms with Gasteiger partial charge in [-0.25, -0.2) is 0 Å². The highest BCUT2D eigenvalue weighted by Crippen LogP contribution is 2.49. The Kier molecular flexibility index (Phi) is 6.34. The van der Waals surface area contributed by atoms with Crippen LogP contribution in [0.5, 0.6) is 11.5 Å². The molecule has 2 fully saturated rings. The molecule has 2 aliphatic heterocycles. The largest absolute Gasteiger partial charge is 0.426 e. The summed E-state index contributed by atoms with van der Waals surface area (Å²) in [6.07, 6.45) is 1.79. The highest BCUT2D eigenvalue weighted by atomic mass is 31.2. The second-order valence-electron chi connectivity index (χ2n) is 5.66. The smallest absolute Gasteiger partial charge is 0.397 e. The second kappa shape index (κ2) is 9.09. The molecule has 0 N–H and O–H groups in total. The van der Waals surface area contributed by atoms with E-state index in [2.05, 4.69) is 0 Å². The van der Waals surface area contributed by atoms with Crippen LogP contribution in [-0.2, 0) is 18.1 Å². The van der Waals surface area contributed by atoms with Crippen molar-refractivity contribution in [1.29, 1.82) is 0 Å². The van der Waals surface area contributed by atoms with Crippen molar-refractivity contribution in [3.8, 4) is 22.6 Å². The zero-order valence-electron chi connectivity index (χ0n) is 14.2. The summed E-state index contributed by atoms with van der Waals surface area (Å²) >= 11 is 0. The molecule has 0 spiro atoms. The van der Waals surface area contributed by atoms with E-state index in [1.54, 1.807) is 0 Å². The van der Waals surface area contributed by atoms with Crippen molar-refractivity contribution in [1.82, 2.24) is 0 Å². The molecule has 8 heteroatoms. The molecule has 0 radical (unpaired) electrons. The first-order chi connectivity index (χ1) is 12.9. The summed E-state index contributed by atoms with van der Waals surface area (Å²) < 4.78 is 34.3. The van der Waals surface area contributed by atoms with Gasteiger partial charge in [0.15, 0.2) is 0 Å². The molecule has 0 atom stereocenters. The summed E-state index contributed by atoms with van der Waals surface area (Å²) in [5, 5.41) is 0. The zero-order chi connectivity index (χ0) is 17.6. The van der Waals surface area contributed by atoms with Gasteiger partial charge in [0.1, 0.15) is 11.5 Å². The molecule has 0 aliphatic carbocycles. The van der Waals surface area contributed by atoms with Crippen LogP contribution in [0.4, 0.5) is 0 Å². The molecule has 0 unspecified atom stereocenters. The van der Waals surface area contributed by atoms with E-state index in [9.17, 15) is 0 Å². The number of rotatable bonds is 5. The molecule has 2 heterocycles. The van der Waals surface area contributed by atoms with Crippen LogP contribution in [0.2, 0.25) is 0 Å². The minimum Gasteiger partial charge on any atom is -0.426 e. The standard InChI is InChI=1S/C18H20O6P2/c1-3-9-17(23-25-19-11-5-12-20-25)15(7-1)16-8-2-4-10-18(16)24-26-21-13-6-14-22-26/h1-4,7-10H,5-6,11-14H2. The van der Waals surface area contributed by atoms with Crippen molar-refractivity contribution in [2.75, 3.05) is 26.4 Å². The minimum absolute atomic E-state index is 0.659. The van der Waals surface area contributed by atoms with Gasteiger partial charge in [0.25, 0.3) is 0 Å². The van der Waals surface area contributed by atoms with E-state index < -0.39 is 17.2 Å². The maximum atomic E-state index is 5.99. The Balaban J connectivity index is 1.58. The van der Waals surface area contributed by atoms with E-state index in [1.807, 2.05) is 48.5 Å². The highest BCUT2D eigenvalue weighted by Gasteiger charge is 2.23. The summed E-state index contributed by atoms with van der Waals surface area (Å²) in [5.41, 5.74) is 1.82. The summed E-state index contributed by atoms with van der Waals surface area (Å²) in [4.78, 5) is 0.